The van der Waals surface area contributed by atoms with E-state index in [2.05, 4.69) is 11.8 Å². The summed E-state index contributed by atoms with van der Waals surface area (Å²) in [6, 6.07) is 0. The maximum absolute atomic E-state index is 11.3. The Morgan fingerprint density at radius 3 is 2.33 bits per heavy atom. The van der Waals surface area contributed by atoms with E-state index in [1.807, 2.05) is 13.8 Å². The lowest BCUT2D eigenvalue weighted by molar-refractivity contribution is -0.145. The van der Waals surface area contributed by atoms with E-state index in [4.69, 9.17) is 4.74 Å². The normalized spacial score (nSPS) is 10.1. The molecule has 0 radical (unpaired) electrons. The molecular formula is C12H18O3. The van der Waals surface area contributed by atoms with Gasteiger partial charge in [-0.3, -0.25) is 9.59 Å². The van der Waals surface area contributed by atoms with Gasteiger partial charge in [0.1, 0.15) is 0 Å². The number of ketones is 1. The predicted molar refractivity (Wildman–Crippen MR) is 58.1 cm³/mol. The largest absolute Gasteiger partial charge is 0.466 e. The summed E-state index contributed by atoms with van der Waals surface area (Å²) in [6.45, 7) is 7.48. The number of carbonyl (C=O) groups is 2. The number of carbonyl (C=O) groups excluding carboxylic acids is 2. The molecular weight excluding hydrogens is 192 g/mol. The minimum absolute atomic E-state index is 0.133. The van der Waals surface area contributed by atoms with Crippen LogP contribution in [0.3, 0.4) is 0 Å². The maximum Gasteiger partial charge on any atom is 0.306 e. The van der Waals surface area contributed by atoms with Crippen LogP contribution in [0.25, 0.3) is 0 Å². The second-order valence-electron chi connectivity index (χ2n) is 4.12. The van der Waals surface area contributed by atoms with Gasteiger partial charge in [0.05, 0.1) is 13.0 Å². The summed E-state index contributed by atoms with van der Waals surface area (Å²) in [6.07, 6.45) is 0.532. The molecule has 0 aliphatic carbocycles. The summed E-state index contributed by atoms with van der Waals surface area (Å²) in [7, 11) is 0. The van der Waals surface area contributed by atoms with Gasteiger partial charge in [-0.25, -0.2) is 0 Å². The third-order valence-corrected chi connectivity index (χ3v) is 1.83. The zero-order valence-electron chi connectivity index (χ0n) is 9.85. The number of esters is 1. The lowest BCUT2D eigenvalue weighted by Crippen LogP contribution is -2.22. The smallest absolute Gasteiger partial charge is 0.306 e. The van der Waals surface area contributed by atoms with Gasteiger partial charge in [0.25, 0.3) is 0 Å². The van der Waals surface area contributed by atoms with E-state index < -0.39 is 0 Å². The van der Waals surface area contributed by atoms with Crippen LogP contribution in [-0.4, -0.2) is 18.4 Å². The van der Waals surface area contributed by atoms with Gasteiger partial charge in [-0.15, -0.1) is 0 Å². The van der Waals surface area contributed by atoms with Gasteiger partial charge in [0.15, 0.2) is 0 Å². The summed E-state index contributed by atoms with van der Waals surface area (Å²) in [5, 5.41) is 0. The minimum atomic E-state index is -0.382. The highest BCUT2D eigenvalue weighted by atomic mass is 16.5. The molecule has 3 heteroatoms. The Hall–Kier alpha value is -1.30. The molecule has 0 rings (SSSR count). The highest BCUT2D eigenvalue weighted by Gasteiger charge is 2.25. The molecule has 0 spiro atoms. The van der Waals surface area contributed by atoms with Crippen molar-refractivity contribution in [3.05, 3.63) is 0 Å². The highest BCUT2D eigenvalue weighted by molar-refractivity contribution is 5.96. The van der Waals surface area contributed by atoms with Crippen molar-refractivity contribution in [2.45, 2.75) is 40.5 Å². The van der Waals surface area contributed by atoms with E-state index in [0.29, 0.717) is 6.61 Å². The van der Waals surface area contributed by atoms with E-state index >= 15 is 0 Å². The molecule has 0 aromatic carbocycles. The zero-order chi connectivity index (χ0) is 11.9. The minimum Gasteiger partial charge on any atom is -0.466 e. The predicted octanol–water partition coefficient (Wildman–Crippen LogP) is 1.95. The van der Waals surface area contributed by atoms with Crippen molar-refractivity contribution < 1.29 is 14.3 Å². The van der Waals surface area contributed by atoms with Crippen LogP contribution in [0.15, 0.2) is 0 Å². The summed E-state index contributed by atoms with van der Waals surface area (Å²) < 4.78 is 4.83. The van der Waals surface area contributed by atoms with Crippen LogP contribution in [0.1, 0.15) is 40.5 Å². The van der Waals surface area contributed by atoms with Gasteiger partial charge in [-0.1, -0.05) is 19.8 Å². The van der Waals surface area contributed by atoms with Gasteiger partial charge in [-0.05, 0) is 25.2 Å². The Balaban J connectivity index is 4.21. The first-order chi connectivity index (χ1) is 6.91. The second kappa shape index (κ2) is 6.23. The molecule has 0 N–H and O–H groups in total. The van der Waals surface area contributed by atoms with E-state index in [0.717, 1.165) is 0 Å². The van der Waals surface area contributed by atoms with Crippen LogP contribution in [0, 0.1) is 17.3 Å². The summed E-state index contributed by atoms with van der Waals surface area (Å²) in [5.41, 5.74) is -0.382. The van der Waals surface area contributed by atoms with E-state index in [1.165, 1.54) is 0 Å². The van der Waals surface area contributed by atoms with E-state index in [-0.39, 0.29) is 30.0 Å². The maximum atomic E-state index is 11.3. The fourth-order valence-electron chi connectivity index (χ4n) is 1.28. The topological polar surface area (TPSA) is 43.4 Å². The molecule has 0 unspecified atom stereocenters. The molecule has 0 atom stereocenters. The van der Waals surface area contributed by atoms with Gasteiger partial charge < -0.3 is 4.74 Å². The lowest BCUT2D eigenvalue weighted by Gasteiger charge is -2.21. The third-order valence-electron chi connectivity index (χ3n) is 1.83. The Bertz CT molecular complexity index is 292. The summed E-state index contributed by atoms with van der Waals surface area (Å²) >= 11 is 0. The molecule has 3 nitrogen and oxygen atoms in total. The second-order valence-corrected chi connectivity index (χ2v) is 4.12. The molecule has 0 saturated heterocycles. The number of Topliss-reactive ketones (excluding diaryl/α,β-unsaturated/α-hetero) is 1. The fourth-order valence-corrected chi connectivity index (χ4v) is 1.28. The first-order valence-corrected chi connectivity index (χ1v) is 5.02. The van der Waals surface area contributed by atoms with Crippen LogP contribution in [-0.2, 0) is 14.3 Å². The first-order valence-electron chi connectivity index (χ1n) is 5.02. The van der Waals surface area contributed by atoms with E-state index in [9.17, 15) is 9.59 Å². The zero-order valence-corrected chi connectivity index (χ0v) is 9.85. The van der Waals surface area contributed by atoms with Gasteiger partial charge in [0, 0.05) is 6.42 Å². The SMILES string of the molecule is CC#CC(=O)CC(C)(C)CC(=O)OCC. The average Bonchev–Trinajstić information content (AvgIpc) is 2.01. The van der Waals surface area contributed by atoms with Crippen molar-refractivity contribution in [1.29, 1.82) is 0 Å². The molecule has 0 aromatic rings. The highest BCUT2D eigenvalue weighted by Crippen LogP contribution is 2.25. The molecule has 84 valence electrons. The van der Waals surface area contributed by atoms with Crippen molar-refractivity contribution >= 4 is 11.8 Å². The Morgan fingerprint density at radius 1 is 1.27 bits per heavy atom. The summed E-state index contributed by atoms with van der Waals surface area (Å²) in [5.74, 6) is 4.62. The molecule has 0 heterocycles. The van der Waals surface area contributed by atoms with Crippen LogP contribution in [0.2, 0.25) is 0 Å². The van der Waals surface area contributed by atoms with Crippen LogP contribution in [0.5, 0.6) is 0 Å². The van der Waals surface area contributed by atoms with Crippen molar-refractivity contribution in [3.8, 4) is 11.8 Å². The lowest BCUT2D eigenvalue weighted by atomic mass is 9.84. The van der Waals surface area contributed by atoms with Gasteiger partial charge in [0.2, 0.25) is 5.78 Å². The summed E-state index contributed by atoms with van der Waals surface area (Å²) in [4.78, 5) is 22.5. The third kappa shape index (κ3) is 6.73. The van der Waals surface area contributed by atoms with Crippen molar-refractivity contribution in [1.82, 2.24) is 0 Å². The van der Waals surface area contributed by atoms with Gasteiger partial charge >= 0.3 is 5.97 Å². The molecule has 0 aromatic heterocycles. The molecule has 15 heavy (non-hydrogen) atoms. The molecule has 0 fully saturated rings. The molecule has 0 saturated carbocycles. The van der Waals surface area contributed by atoms with Crippen LogP contribution < -0.4 is 0 Å². The molecule has 0 aliphatic rings. The van der Waals surface area contributed by atoms with Crippen molar-refractivity contribution in [2.75, 3.05) is 6.61 Å². The molecule has 0 bridgehead atoms. The van der Waals surface area contributed by atoms with E-state index in [1.54, 1.807) is 13.8 Å². The quantitative estimate of drug-likeness (QED) is 0.396. The van der Waals surface area contributed by atoms with Crippen molar-refractivity contribution in [3.63, 3.8) is 0 Å². The standard InChI is InChI=1S/C12H18O3/c1-5-7-10(13)8-12(3,4)9-11(14)15-6-2/h6,8-9H2,1-4H3. The molecule has 0 aliphatic heterocycles. The first kappa shape index (κ1) is 13.7. The number of hydrogen-bond acceptors (Lipinski definition) is 3. The van der Waals surface area contributed by atoms with Crippen LogP contribution in [0.4, 0.5) is 0 Å². The molecule has 0 amide bonds. The Labute approximate surface area is 91.2 Å². The number of ether oxygens (including phenoxy) is 1. The fraction of sp³-hybridized carbons (Fsp3) is 0.667. The number of rotatable bonds is 5. The Kier molecular flexibility index (Phi) is 5.69. The van der Waals surface area contributed by atoms with Crippen molar-refractivity contribution in [2.24, 2.45) is 5.41 Å². The Morgan fingerprint density at radius 2 is 1.87 bits per heavy atom. The monoisotopic (exact) mass is 210 g/mol. The van der Waals surface area contributed by atoms with Gasteiger partial charge in [-0.2, -0.15) is 0 Å². The van der Waals surface area contributed by atoms with Crippen LogP contribution >= 0.6 is 0 Å². The number of hydrogen-bond donors (Lipinski definition) is 0. The average molecular weight is 210 g/mol.